The summed E-state index contributed by atoms with van der Waals surface area (Å²) in [4.78, 5) is 8.38. The molecule has 0 aromatic heterocycles. The molecule has 0 fully saturated rings. The number of anilines is 1. The minimum absolute atomic E-state index is 0.774. The van der Waals surface area contributed by atoms with Crippen molar-refractivity contribution in [2.75, 3.05) is 18.9 Å². The van der Waals surface area contributed by atoms with Crippen molar-refractivity contribution in [1.82, 2.24) is 9.55 Å². The summed E-state index contributed by atoms with van der Waals surface area (Å²) in [6, 6.07) is 4.12. The van der Waals surface area contributed by atoms with E-state index >= 15 is 0 Å². The molecular weight excluding hydrogens is 268 g/mol. The summed E-state index contributed by atoms with van der Waals surface area (Å²) in [6.07, 6.45) is 1.87. The van der Waals surface area contributed by atoms with Gasteiger partial charge in [-0.25, -0.2) is 4.98 Å². The average molecular weight is 279 g/mol. The zero-order valence-electron chi connectivity index (χ0n) is 8.87. The van der Waals surface area contributed by atoms with Gasteiger partial charge in [-0.3, -0.25) is 4.99 Å². The highest BCUT2D eigenvalue weighted by Crippen LogP contribution is 2.33. The Morgan fingerprint density at radius 2 is 2.38 bits per heavy atom. The minimum atomic E-state index is 0.774. The quantitative estimate of drug-likeness (QED) is 0.797. The summed E-state index contributed by atoms with van der Waals surface area (Å²) in [5.74, 6) is 1.14. The molecule has 3 rings (SSSR count). The van der Waals surface area contributed by atoms with Gasteiger partial charge in [0.05, 0.1) is 10.2 Å². The summed E-state index contributed by atoms with van der Waals surface area (Å²) >= 11 is 3.57. The van der Waals surface area contributed by atoms with Crippen molar-refractivity contribution >= 4 is 21.7 Å². The standard InChI is InChI=1S/C11H11BrN4/c1-13-10-5-9-7(6-15-10)4-8(12)11-14-2-3-16(9)11/h4-6,14H,2-3H2,1H3. The van der Waals surface area contributed by atoms with Gasteiger partial charge in [0.2, 0.25) is 0 Å². The molecule has 0 atom stereocenters. The van der Waals surface area contributed by atoms with Crippen LogP contribution in [0.25, 0.3) is 11.3 Å². The summed E-state index contributed by atoms with van der Waals surface area (Å²) in [7, 11) is 1.76. The molecule has 0 saturated carbocycles. The monoisotopic (exact) mass is 278 g/mol. The topological polar surface area (TPSA) is 42.2 Å². The summed E-state index contributed by atoms with van der Waals surface area (Å²) in [6.45, 7) is 1.96. The highest BCUT2D eigenvalue weighted by Gasteiger charge is 2.18. The fourth-order valence-electron chi connectivity index (χ4n) is 2.06. The normalized spacial score (nSPS) is 15.2. The van der Waals surface area contributed by atoms with E-state index in [9.17, 15) is 0 Å². The fourth-order valence-corrected chi connectivity index (χ4v) is 2.67. The van der Waals surface area contributed by atoms with E-state index in [0.717, 1.165) is 34.4 Å². The van der Waals surface area contributed by atoms with Crippen molar-refractivity contribution in [3.63, 3.8) is 0 Å². The lowest BCUT2D eigenvalue weighted by atomic mass is 10.1. The molecule has 0 bridgehead atoms. The highest BCUT2D eigenvalue weighted by molar-refractivity contribution is 9.10. The van der Waals surface area contributed by atoms with Crippen LogP contribution in [-0.2, 0) is 6.54 Å². The molecule has 0 aliphatic carbocycles. The predicted octanol–water partition coefficient (Wildman–Crippen LogP) is 1.71. The molecule has 0 aromatic rings. The molecule has 0 saturated heterocycles. The highest BCUT2D eigenvalue weighted by atomic mass is 79.9. The first-order chi connectivity index (χ1) is 7.79. The molecule has 3 aliphatic heterocycles. The van der Waals surface area contributed by atoms with Crippen LogP contribution in [0.4, 0.5) is 5.82 Å². The van der Waals surface area contributed by atoms with Crippen LogP contribution >= 0.6 is 15.9 Å². The van der Waals surface area contributed by atoms with Crippen LogP contribution in [0.3, 0.4) is 0 Å². The van der Waals surface area contributed by atoms with Crippen molar-refractivity contribution in [3.05, 3.63) is 28.3 Å². The Bertz CT molecular complexity index is 587. The Labute approximate surface area is 102 Å². The van der Waals surface area contributed by atoms with E-state index in [2.05, 4.69) is 41.9 Å². The molecule has 0 radical (unpaired) electrons. The van der Waals surface area contributed by atoms with Gasteiger partial charge in [0, 0.05) is 38.0 Å². The van der Waals surface area contributed by atoms with Crippen molar-refractivity contribution < 1.29 is 0 Å². The SMILES string of the molecule is CN=c1cc2n3c(c(Br)cc-2cn1)NCC3. The maximum absolute atomic E-state index is 4.27. The largest absolute Gasteiger partial charge is 0.369 e. The Morgan fingerprint density at radius 1 is 1.50 bits per heavy atom. The van der Waals surface area contributed by atoms with E-state index in [1.54, 1.807) is 7.05 Å². The number of hydrogen-bond donors (Lipinski definition) is 1. The molecule has 0 amide bonds. The van der Waals surface area contributed by atoms with Gasteiger partial charge in [0.15, 0.2) is 0 Å². The van der Waals surface area contributed by atoms with Crippen LogP contribution in [0.15, 0.2) is 27.8 Å². The molecule has 0 spiro atoms. The second-order valence-electron chi connectivity index (χ2n) is 3.74. The van der Waals surface area contributed by atoms with Crippen molar-refractivity contribution in [1.29, 1.82) is 0 Å². The molecule has 1 N–H and O–H groups in total. The van der Waals surface area contributed by atoms with Crippen LogP contribution in [0.1, 0.15) is 0 Å². The maximum Gasteiger partial charge on any atom is 0.149 e. The van der Waals surface area contributed by atoms with Gasteiger partial charge in [-0.2, -0.15) is 0 Å². The lowest BCUT2D eigenvalue weighted by molar-refractivity contribution is 0.804. The molecule has 0 unspecified atom stereocenters. The van der Waals surface area contributed by atoms with Crippen molar-refractivity contribution in [2.45, 2.75) is 6.54 Å². The van der Waals surface area contributed by atoms with Gasteiger partial charge in [-0.1, -0.05) is 0 Å². The van der Waals surface area contributed by atoms with E-state index in [-0.39, 0.29) is 0 Å². The second-order valence-corrected chi connectivity index (χ2v) is 4.60. The van der Waals surface area contributed by atoms with Crippen molar-refractivity contribution in [3.8, 4) is 11.3 Å². The molecular formula is C11H11BrN4. The summed E-state index contributed by atoms with van der Waals surface area (Å²) < 4.78 is 3.34. The lowest BCUT2D eigenvalue weighted by Crippen LogP contribution is -2.11. The third kappa shape index (κ3) is 1.35. The van der Waals surface area contributed by atoms with Crippen molar-refractivity contribution in [2.24, 2.45) is 4.99 Å². The third-order valence-electron chi connectivity index (χ3n) is 2.82. The van der Waals surface area contributed by atoms with Gasteiger partial charge in [-0.15, -0.1) is 0 Å². The number of hydrogen-bond acceptors (Lipinski definition) is 3. The first-order valence-corrected chi connectivity index (χ1v) is 5.94. The fraction of sp³-hybridized carbons (Fsp3) is 0.273. The van der Waals surface area contributed by atoms with Gasteiger partial charge in [-0.05, 0) is 22.0 Å². The number of fused-ring (bicyclic) bond motifs is 3. The average Bonchev–Trinajstić information content (AvgIpc) is 2.78. The number of halogens is 1. The van der Waals surface area contributed by atoms with Crippen LogP contribution in [0, 0.1) is 0 Å². The molecule has 5 heteroatoms. The van der Waals surface area contributed by atoms with E-state index in [1.807, 2.05) is 12.3 Å². The molecule has 3 aliphatic rings. The molecule has 0 aromatic carbocycles. The summed E-state index contributed by atoms with van der Waals surface area (Å²) in [5.41, 5.74) is 3.09. The van der Waals surface area contributed by atoms with Crippen LogP contribution < -0.4 is 10.8 Å². The minimum Gasteiger partial charge on any atom is -0.369 e. The number of pyridine rings is 2. The Balaban J connectivity index is 2.40. The van der Waals surface area contributed by atoms with Gasteiger partial charge < -0.3 is 9.88 Å². The Kier molecular flexibility index (Phi) is 2.21. The molecule has 4 nitrogen and oxygen atoms in total. The Morgan fingerprint density at radius 3 is 3.19 bits per heavy atom. The number of rotatable bonds is 0. The van der Waals surface area contributed by atoms with Crippen LogP contribution in [-0.4, -0.2) is 23.1 Å². The van der Waals surface area contributed by atoms with Gasteiger partial charge in [0.25, 0.3) is 0 Å². The first kappa shape index (κ1) is 9.84. The number of aromatic nitrogens is 2. The van der Waals surface area contributed by atoms with Crippen LogP contribution in [0.5, 0.6) is 0 Å². The summed E-state index contributed by atoms with van der Waals surface area (Å²) in [5, 5.41) is 3.36. The lowest BCUT2D eigenvalue weighted by Gasteiger charge is -2.14. The van der Waals surface area contributed by atoms with Gasteiger partial charge in [0.1, 0.15) is 11.3 Å². The zero-order chi connectivity index (χ0) is 11.1. The third-order valence-corrected chi connectivity index (χ3v) is 3.43. The number of nitrogens with one attached hydrogen (secondary N) is 1. The maximum atomic E-state index is 4.27. The molecule has 82 valence electrons. The molecule has 3 heterocycles. The number of nitrogens with zero attached hydrogens (tertiary/aromatic N) is 3. The van der Waals surface area contributed by atoms with E-state index in [1.165, 1.54) is 5.69 Å². The molecule has 16 heavy (non-hydrogen) atoms. The van der Waals surface area contributed by atoms with E-state index < -0.39 is 0 Å². The van der Waals surface area contributed by atoms with Crippen LogP contribution in [0.2, 0.25) is 0 Å². The second kappa shape index (κ2) is 3.59. The van der Waals surface area contributed by atoms with E-state index in [0.29, 0.717) is 0 Å². The first-order valence-electron chi connectivity index (χ1n) is 5.15. The smallest absolute Gasteiger partial charge is 0.149 e. The zero-order valence-corrected chi connectivity index (χ0v) is 10.5. The van der Waals surface area contributed by atoms with Gasteiger partial charge >= 0.3 is 0 Å². The predicted molar refractivity (Wildman–Crippen MR) is 66.5 cm³/mol. The van der Waals surface area contributed by atoms with E-state index in [4.69, 9.17) is 0 Å². The Hall–Kier alpha value is -1.36.